The number of hydrogen-bond donors (Lipinski definition) is 1. The number of carbonyl (C=O) groups excluding carboxylic acids is 1. The number of aromatic nitrogens is 1. The van der Waals surface area contributed by atoms with Crippen molar-refractivity contribution in [3.63, 3.8) is 0 Å². The third kappa shape index (κ3) is 10.0. The summed E-state index contributed by atoms with van der Waals surface area (Å²) >= 11 is 13.7. The first-order chi connectivity index (χ1) is 18.2. The van der Waals surface area contributed by atoms with E-state index in [1.54, 1.807) is 23.6 Å². The number of aliphatic carboxylic acids is 1. The Morgan fingerprint density at radius 1 is 1.15 bits per heavy atom. The van der Waals surface area contributed by atoms with Crippen LogP contribution in [-0.2, 0) is 16.0 Å². The van der Waals surface area contributed by atoms with Gasteiger partial charge in [-0.3, -0.25) is 4.79 Å². The van der Waals surface area contributed by atoms with Crippen LogP contribution in [0.4, 0.5) is 4.39 Å². The van der Waals surface area contributed by atoms with Crippen LogP contribution >= 0.6 is 34.5 Å². The average molecular weight is 627 g/mol. The molecule has 0 bridgehead atoms. The van der Waals surface area contributed by atoms with E-state index in [1.165, 1.54) is 25.1 Å². The van der Waals surface area contributed by atoms with Crippen LogP contribution in [0.5, 0.6) is 0 Å². The second-order valence-corrected chi connectivity index (χ2v) is 10.7. The second kappa shape index (κ2) is 18.2. The molecule has 0 spiro atoms. The predicted molar refractivity (Wildman–Crippen MR) is 166 cm³/mol. The zero-order valence-electron chi connectivity index (χ0n) is 21.5. The van der Waals surface area contributed by atoms with E-state index in [1.807, 2.05) is 0 Å². The predicted octanol–water partition coefficient (Wildman–Crippen LogP) is 7.06. The van der Waals surface area contributed by atoms with Crippen LogP contribution in [0.2, 0.25) is 10.0 Å². The molecule has 0 aliphatic heterocycles. The van der Waals surface area contributed by atoms with E-state index < -0.39 is 11.8 Å². The Labute approximate surface area is 293 Å². The molecule has 0 atom stereocenters. The van der Waals surface area contributed by atoms with E-state index in [-0.39, 0.29) is 91.1 Å². The number of carboxylic acids is 1. The number of nitrogens with zero attached hydrogens (tertiary/aromatic N) is 1. The van der Waals surface area contributed by atoms with Gasteiger partial charge in [0, 0.05) is 40.9 Å². The molecule has 2 aromatic carbocycles. The normalized spacial score (nSPS) is 11.2. The van der Waals surface area contributed by atoms with E-state index in [2.05, 4.69) is 18.8 Å². The van der Waals surface area contributed by atoms with Crippen molar-refractivity contribution in [1.29, 1.82) is 0 Å². The van der Waals surface area contributed by atoms with Crippen molar-refractivity contribution in [3.05, 3.63) is 78.8 Å². The van der Waals surface area contributed by atoms with E-state index in [0.29, 0.717) is 47.8 Å². The number of carboxylic acid groups (broad SMARTS) is 1. The molecule has 11 heteroatoms. The van der Waals surface area contributed by atoms with Gasteiger partial charge >= 0.3 is 65.1 Å². The summed E-state index contributed by atoms with van der Waals surface area (Å²) in [5.41, 5.74) is 1.84. The van der Waals surface area contributed by atoms with Gasteiger partial charge < -0.3 is 9.84 Å². The number of rotatable bonds is 13. The summed E-state index contributed by atoms with van der Waals surface area (Å²) < 4.78 is 21.1. The first-order valence-corrected chi connectivity index (χ1v) is 14.1. The summed E-state index contributed by atoms with van der Waals surface area (Å²) in [6.45, 7) is 7.02. The molecule has 1 heterocycles. The Hall–Kier alpha value is -0.580. The monoisotopic (exact) mass is 625 g/mol. The van der Waals surface area contributed by atoms with Crippen molar-refractivity contribution in [2.45, 2.75) is 46.5 Å². The van der Waals surface area contributed by atoms with Crippen LogP contribution in [0.15, 0.2) is 41.3 Å². The molecule has 1 aromatic heterocycles. The molecule has 0 aliphatic rings. The van der Waals surface area contributed by atoms with Crippen molar-refractivity contribution in [3.8, 4) is 11.3 Å². The number of halogens is 3. The maximum atomic E-state index is 15.3. The van der Waals surface area contributed by atoms with E-state index in [4.69, 9.17) is 33.0 Å². The Balaban J connectivity index is 0.00000400. The number of ketones is 1. The van der Waals surface area contributed by atoms with Gasteiger partial charge in [-0.2, -0.15) is 0 Å². The van der Waals surface area contributed by atoms with Gasteiger partial charge in [0.05, 0.1) is 15.7 Å². The Morgan fingerprint density at radius 3 is 2.40 bits per heavy atom. The number of carbonyl (C=O) groups is 2. The molecular weight excluding hydrogens is 594 g/mol. The fraction of sp³-hybridized carbons (Fsp3) is 0.345. The van der Waals surface area contributed by atoms with Gasteiger partial charge in [-0.1, -0.05) is 62.0 Å². The zero-order chi connectivity index (χ0) is 27.8. The van der Waals surface area contributed by atoms with Crippen LogP contribution in [0.25, 0.3) is 17.3 Å². The summed E-state index contributed by atoms with van der Waals surface area (Å²) in [6.07, 6.45) is 4.76. The number of aryl methyl sites for hydroxylation is 1. The second-order valence-electron chi connectivity index (χ2n) is 8.99. The minimum absolute atomic E-state index is 0. The summed E-state index contributed by atoms with van der Waals surface area (Å²) in [5.74, 6) is -1.32. The number of thiazole rings is 1. The van der Waals surface area contributed by atoms with Crippen LogP contribution in [0.3, 0.4) is 0 Å². The Morgan fingerprint density at radius 2 is 1.80 bits per heavy atom. The molecule has 3 aromatic rings. The standard InChI is InChI=1S/C29H30Cl2FNO4S.2Na.2H/c1-4-18(5-2)15-37-11-7-9-19-8-6-10-21(26(19)32)25-16-38-28(33-25)27(34)20-13-23(30)22(24(31)14-20)12-17(3)29(35)36;;;;/h6,8,10,12-14,16,18H,4-5,7,9,11,15H2,1-3H3,(H,35,36);;;;/b17-12+;;;;. The number of benzene rings is 2. The van der Waals surface area contributed by atoms with E-state index in [9.17, 15) is 9.59 Å². The van der Waals surface area contributed by atoms with Crippen molar-refractivity contribution in [1.82, 2.24) is 4.98 Å². The van der Waals surface area contributed by atoms with Crippen molar-refractivity contribution in [2.75, 3.05) is 13.2 Å². The summed E-state index contributed by atoms with van der Waals surface area (Å²) in [4.78, 5) is 28.6. The Kier molecular flexibility index (Phi) is 17.0. The van der Waals surface area contributed by atoms with Gasteiger partial charge in [0.2, 0.25) is 5.78 Å². The van der Waals surface area contributed by atoms with Gasteiger partial charge in [-0.25, -0.2) is 14.2 Å². The van der Waals surface area contributed by atoms with Gasteiger partial charge in [0.25, 0.3) is 0 Å². The number of hydrogen-bond acceptors (Lipinski definition) is 5. The zero-order valence-corrected chi connectivity index (χ0v) is 23.9. The van der Waals surface area contributed by atoms with Crippen LogP contribution < -0.4 is 0 Å². The molecule has 5 nitrogen and oxygen atoms in total. The Bertz CT molecular complexity index is 1320. The molecule has 1 N–H and O–H groups in total. The molecule has 206 valence electrons. The number of ether oxygens (including phenoxy) is 1. The summed E-state index contributed by atoms with van der Waals surface area (Å²) in [6, 6.07) is 8.02. The molecule has 40 heavy (non-hydrogen) atoms. The van der Waals surface area contributed by atoms with E-state index >= 15 is 4.39 Å². The van der Waals surface area contributed by atoms with Crippen molar-refractivity contribution in [2.24, 2.45) is 5.92 Å². The molecule has 0 radical (unpaired) electrons. The van der Waals surface area contributed by atoms with Gasteiger partial charge in [-0.05, 0) is 55.5 Å². The minimum atomic E-state index is -1.10. The van der Waals surface area contributed by atoms with Crippen LogP contribution in [0, 0.1) is 11.7 Å². The third-order valence-corrected chi connectivity index (χ3v) is 7.80. The molecular formula is C29H32Cl2FNNa2O4S. The molecule has 0 amide bonds. The SMILES string of the molecule is CCC(CC)COCCCc1cccc(-c2csc(C(=O)c3cc(Cl)c(/C=C(\C)C(=O)O)c(Cl)c3)n2)c1F.[NaH].[NaH]. The van der Waals surface area contributed by atoms with Crippen LogP contribution in [0.1, 0.15) is 66.5 Å². The summed E-state index contributed by atoms with van der Waals surface area (Å²) in [5, 5.41) is 11.2. The maximum absolute atomic E-state index is 15.3. The van der Waals surface area contributed by atoms with Gasteiger partial charge in [0.15, 0.2) is 5.01 Å². The topological polar surface area (TPSA) is 76.5 Å². The quantitative estimate of drug-likeness (QED) is 0.0952. The molecule has 0 saturated carbocycles. The molecule has 3 rings (SSSR count). The molecule has 0 fully saturated rings. The molecule has 0 aliphatic carbocycles. The summed E-state index contributed by atoms with van der Waals surface area (Å²) in [7, 11) is 0. The van der Waals surface area contributed by atoms with E-state index in [0.717, 1.165) is 30.8 Å². The molecule has 0 unspecified atom stereocenters. The first-order valence-electron chi connectivity index (χ1n) is 12.4. The van der Waals surface area contributed by atoms with Crippen LogP contribution in [-0.4, -0.2) is 94.2 Å². The molecule has 0 saturated heterocycles. The third-order valence-electron chi connectivity index (χ3n) is 6.34. The fourth-order valence-corrected chi connectivity index (χ4v) is 5.24. The van der Waals surface area contributed by atoms with Crippen molar-refractivity contribution >= 4 is 111 Å². The van der Waals surface area contributed by atoms with Crippen molar-refractivity contribution < 1.29 is 23.8 Å². The van der Waals surface area contributed by atoms with Gasteiger partial charge in [0.1, 0.15) is 5.82 Å². The first kappa shape index (κ1) is 37.4. The fourth-order valence-electron chi connectivity index (χ4n) is 3.87. The average Bonchev–Trinajstić information content (AvgIpc) is 3.38. The van der Waals surface area contributed by atoms with Gasteiger partial charge in [-0.15, -0.1) is 11.3 Å².